The summed E-state index contributed by atoms with van der Waals surface area (Å²) in [5.74, 6) is 0.765. The minimum Gasteiger partial charge on any atom is -0.336 e. The van der Waals surface area contributed by atoms with E-state index in [1.54, 1.807) is 22.6 Å². The Morgan fingerprint density at radius 2 is 1.92 bits per heavy atom. The van der Waals surface area contributed by atoms with E-state index in [2.05, 4.69) is 11.9 Å². The van der Waals surface area contributed by atoms with Gasteiger partial charge < -0.3 is 4.90 Å². The molecule has 0 radical (unpaired) electrons. The minimum atomic E-state index is -0.194. The second kappa shape index (κ2) is 8.79. The molecule has 136 valence electrons. The third-order valence-corrected chi connectivity index (χ3v) is 4.81. The van der Waals surface area contributed by atoms with Crippen LogP contribution in [0.2, 0.25) is 0 Å². The molecule has 1 heterocycles. The van der Waals surface area contributed by atoms with E-state index >= 15 is 0 Å². The maximum atomic E-state index is 12.6. The maximum absolute atomic E-state index is 12.6. The molecule has 0 fully saturated rings. The fourth-order valence-electron chi connectivity index (χ4n) is 3.22. The summed E-state index contributed by atoms with van der Waals surface area (Å²) < 4.78 is 1.58. The lowest BCUT2D eigenvalue weighted by molar-refractivity contribution is -0.132. The molecular weight excluding hydrogens is 314 g/mol. The van der Waals surface area contributed by atoms with E-state index in [-0.39, 0.29) is 17.5 Å². The van der Waals surface area contributed by atoms with Crippen molar-refractivity contribution in [3.05, 3.63) is 40.4 Å². The van der Waals surface area contributed by atoms with Gasteiger partial charge >= 0.3 is 0 Å². The van der Waals surface area contributed by atoms with Gasteiger partial charge in [-0.15, -0.1) is 0 Å². The first-order valence-electron chi connectivity index (χ1n) is 9.22. The molecule has 0 saturated heterocycles. The molecule has 2 aromatic rings. The van der Waals surface area contributed by atoms with Crippen LogP contribution in [-0.4, -0.2) is 27.4 Å². The number of hydrogen-bond acceptors (Lipinski definition) is 3. The molecule has 0 aliphatic heterocycles. The van der Waals surface area contributed by atoms with Crippen LogP contribution >= 0.6 is 0 Å². The summed E-state index contributed by atoms with van der Waals surface area (Å²) in [4.78, 5) is 31.6. The lowest BCUT2D eigenvalue weighted by atomic mass is 10.1. The molecule has 1 unspecified atom stereocenters. The van der Waals surface area contributed by atoms with E-state index in [9.17, 15) is 9.59 Å². The number of carbonyl (C=O) groups excluding carboxylic acids is 1. The summed E-state index contributed by atoms with van der Waals surface area (Å²) >= 11 is 0. The fraction of sp³-hybridized carbons (Fsp3) is 0.550. The van der Waals surface area contributed by atoms with Crippen LogP contribution < -0.4 is 5.56 Å². The Labute approximate surface area is 149 Å². The highest BCUT2D eigenvalue weighted by Gasteiger charge is 2.24. The van der Waals surface area contributed by atoms with Gasteiger partial charge in [0.1, 0.15) is 5.82 Å². The number of nitrogens with zero attached hydrogens (tertiary/aromatic N) is 3. The topological polar surface area (TPSA) is 55.2 Å². The average Bonchev–Trinajstić information content (AvgIpc) is 2.63. The van der Waals surface area contributed by atoms with Crippen molar-refractivity contribution in [1.29, 1.82) is 0 Å². The number of fused-ring (bicyclic) bond motifs is 1. The van der Waals surface area contributed by atoms with E-state index in [4.69, 9.17) is 0 Å². The number of unbranched alkanes of at least 4 members (excludes halogenated alkanes) is 3. The Balaban J connectivity index is 2.28. The number of carbonyl (C=O) groups is 1. The van der Waals surface area contributed by atoms with Crippen molar-refractivity contribution in [2.45, 2.75) is 58.4 Å². The molecule has 1 aromatic carbocycles. The average molecular weight is 343 g/mol. The molecule has 5 heteroatoms. The van der Waals surface area contributed by atoms with Gasteiger partial charge in [-0.3, -0.25) is 14.2 Å². The lowest BCUT2D eigenvalue weighted by Crippen LogP contribution is -2.35. The predicted molar refractivity (Wildman–Crippen MR) is 102 cm³/mol. The van der Waals surface area contributed by atoms with Gasteiger partial charge in [-0.05, 0) is 25.0 Å². The molecule has 0 N–H and O–H groups in total. The SMILES string of the molecule is CCCCCCC(=O)N(C)C(CC)c1nc2ccccc2c(=O)n1C. The number of benzene rings is 1. The van der Waals surface area contributed by atoms with E-state index in [0.29, 0.717) is 23.1 Å². The first kappa shape index (κ1) is 19.2. The summed E-state index contributed by atoms with van der Waals surface area (Å²) in [6.07, 6.45) is 5.58. The van der Waals surface area contributed by atoms with Crippen LogP contribution in [-0.2, 0) is 11.8 Å². The van der Waals surface area contributed by atoms with Gasteiger partial charge in [0.25, 0.3) is 5.56 Å². The molecule has 2 rings (SSSR count). The lowest BCUT2D eigenvalue weighted by Gasteiger charge is -2.28. The monoisotopic (exact) mass is 343 g/mol. The predicted octanol–water partition coefficient (Wildman–Crippen LogP) is 3.81. The number of rotatable bonds is 8. The minimum absolute atomic E-state index is 0.0668. The normalized spacial score (nSPS) is 12.3. The van der Waals surface area contributed by atoms with Crippen molar-refractivity contribution in [1.82, 2.24) is 14.5 Å². The summed E-state index contributed by atoms with van der Waals surface area (Å²) in [5.41, 5.74) is 0.616. The molecule has 1 amide bonds. The van der Waals surface area contributed by atoms with E-state index in [1.807, 2.05) is 32.2 Å². The highest BCUT2D eigenvalue weighted by atomic mass is 16.2. The summed E-state index contributed by atoms with van der Waals surface area (Å²) in [7, 11) is 3.55. The molecule has 0 aliphatic rings. The molecule has 5 nitrogen and oxygen atoms in total. The quantitative estimate of drug-likeness (QED) is 0.685. The van der Waals surface area contributed by atoms with Gasteiger partial charge in [0.05, 0.1) is 16.9 Å². The van der Waals surface area contributed by atoms with Crippen LogP contribution in [0.3, 0.4) is 0 Å². The molecule has 0 aliphatic carbocycles. The van der Waals surface area contributed by atoms with Crippen LogP contribution in [0.25, 0.3) is 10.9 Å². The first-order valence-corrected chi connectivity index (χ1v) is 9.22. The second-order valence-electron chi connectivity index (χ2n) is 6.59. The van der Waals surface area contributed by atoms with Gasteiger partial charge in [-0.1, -0.05) is 45.2 Å². The molecular formula is C20H29N3O2. The largest absolute Gasteiger partial charge is 0.336 e. The van der Waals surface area contributed by atoms with Gasteiger partial charge in [-0.2, -0.15) is 0 Å². The third-order valence-electron chi connectivity index (χ3n) is 4.81. The molecule has 0 bridgehead atoms. The number of aromatic nitrogens is 2. The van der Waals surface area contributed by atoms with Gasteiger partial charge in [0.15, 0.2) is 0 Å². The highest BCUT2D eigenvalue weighted by Crippen LogP contribution is 2.23. The standard InChI is InChI=1S/C20H29N3O2/c1-5-7-8-9-14-18(24)22(3)17(6-2)19-21-16-13-11-10-12-15(16)20(25)23(19)4/h10-13,17H,5-9,14H2,1-4H3. The highest BCUT2D eigenvalue weighted by molar-refractivity contribution is 5.78. The first-order chi connectivity index (χ1) is 12.0. The van der Waals surface area contributed by atoms with Crippen molar-refractivity contribution in [3.63, 3.8) is 0 Å². The Bertz CT molecular complexity index is 782. The number of para-hydroxylation sites is 1. The van der Waals surface area contributed by atoms with Crippen molar-refractivity contribution in [2.75, 3.05) is 7.05 Å². The van der Waals surface area contributed by atoms with Gasteiger partial charge in [-0.25, -0.2) is 4.98 Å². The van der Waals surface area contributed by atoms with Gasteiger partial charge in [0, 0.05) is 20.5 Å². The molecule has 0 saturated carbocycles. The summed E-state index contributed by atoms with van der Waals surface area (Å²) in [6, 6.07) is 7.16. The van der Waals surface area contributed by atoms with Gasteiger partial charge in [0.2, 0.25) is 5.91 Å². The van der Waals surface area contributed by atoms with Crippen molar-refractivity contribution >= 4 is 16.8 Å². The molecule has 1 aromatic heterocycles. The Hall–Kier alpha value is -2.17. The van der Waals surface area contributed by atoms with Crippen molar-refractivity contribution in [3.8, 4) is 0 Å². The molecule has 1 atom stereocenters. The Kier molecular flexibility index (Phi) is 6.73. The zero-order valence-electron chi connectivity index (χ0n) is 15.8. The van der Waals surface area contributed by atoms with E-state index < -0.39 is 0 Å². The zero-order valence-corrected chi connectivity index (χ0v) is 15.8. The fourth-order valence-corrected chi connectivity index (χ4v) is 3.22. The van der Waals surface area contributed by atoms with Crippen LogP contribution in [0.15, 0.2) is 29.1 Å². The van der Waals surface area contributed by atoms with Crippen LogP contribution in [0.5, 0.6) is 0 Å². The maximum Gasteiger partial charge on any atom is 0.261 e. The third kappa shape index (κ3) is 4.27. The Morgan fingerprint density at radius 3 is 2.60 bits per heavy atom. The molecule has 0 spiro atoms. The van der Waals surface area contributed by atoms with Crippen LogP contribution in [0, 0.1) is 0 Å². The Morgan fingerprint density at radius 1 is 1.20 bits per heavy atom. The van der Waals surface area contributed by atoms with Crippen LogP contribution in [0.1, 0.15) is 64.2 Å². The van der Waals surface area contributed by atoms with Crippen LogP contribution in [0.4, 0.5) is 0 Å². The second-order valence-corrected chi connectivity index (χ2v) is 6.59. The smallest absolute Gasteiger partial charge is 0.261 e. The summed E-state index contributed by atoms with van der Waals surface area (Å²) in [5, 5.41) is 0.608. The zero-order chi connectivity index (χ0) is 18.4. The van der Waals surface area contributed by atoms with Crippen molar-refractivity contribution in [2.24, 2.45) is 7.05 Å². The van der Waals surface area contributed by atoms with E-state index in [0.717, 1.165) is 32.1 Å². The number of hydrogen-bond donors (Lipinski definition) is 0. The number of amides is 1. The van der Waals surface area contributed by atoms with Crippen molar-refractivity contribution < 1.29 is 4.79 Å². The summed E-state index contributed by atoms with van der Waals surface area (Å²) in [6.45, 7) is 4.18. The molecule has 25 heavy (non-hydrogen) atoms. The van der Waals surface area contributed by atoms with E-state index in [1.165, 1.54) is 0 Å².